The molecule has 6 nitrogen and oxygen atoms in total. The zero-order valence-electron chi connectivity index (χ0n) is 15.2. The molecular formula is C20H22FNO5. The smallest absolute Gasteiger partial charge is 0.308 e. The van der Waals surface area contributed by atoms with Crippen LogP contribution in [0.25, 0.3) is 0 Å². The Hall–Kier alpha value is -3.09. The van der Waals surface area contributed by atoms with Crippen molar-refractivity contribution in [1.29, 1.82) is 0 Å². The first-order valence-electron chi connectivity index (χ1n) is 8.50. The van der Waals surface area contributed by atoms with E-state index in [-0.39, 0.29) is 24.3 Å². The maximum absolute atomic E-state index is 13.7. The number of hydrogen-bond donors (Lipinski definition) is 2. The predicted molar refractivity (Wildman–Crippen MR) is 97.7 cm³/mol. The number of benzene rings is 2. The van der Waals surface area contributed by atoms with Crippen molar-refractivity contribution in [2.75, 3.05) is 20.3 Å². The Morgan fingerprint density at radius 1 is 1.19 bits per heavy atom. The van der Waals surface area contributed by atoms with Crippen molar-refractivity contribution in [3.8, 4) is 11.5 Å². The first kappa shape index (κ1) is 20.2. The zero-order valence-corrected chi connectivity index (χ0v) is 15.2. The van der Waals surface area contributed by atoms with E-state index in [1.54, 1.807) is 24.3 Å². The van der Waals surface area contributed by atoms with E-state index in [4.69, 9.17) is 9.47 Å². The van der Waals surface area contributed by atoms with Gasteiger partial charge in [0.1, 0.15) is 5.75 Å². The number of hydrogen-bond acceptors (Lipinski definition) is 4. The summed E-state index contributed by atoms with van der Waals surface area (Å²) in [6, 6.07) is 10.9. The lowest BCUT2D eigenvalue weighted by Crippen LogP contribution is -2.34. The van der Waals surface area contributed by atoms with Gasteiger partial charge in [0.05, 0.1) is 19.6 Å². The number of rotatable bonds is 9. The van der Waals surface area contributed by atoms with Crippen LogP contribution >= 0.6 is 0 Å². The first-order valence-corrected chi connectivity index (χ1v) is 8.50. The fourth-order valence-electron chi connectivity index (χ4n) is 2.55. The molecule has 0 fully saturated rings. The molecule has 2 rings (SSSR count). The van der Waals surface area contributed by atoms with E-state index in [0.29, 0.717) is 12.4 Å². The van der Waals surface area contributed by atoms with Gasteiger partial charge in [-0.1, -0.05) is 12.1 Å². The summed E-state index contributed by atoms with van der Waals surface area (Å²) < 4.78 is 23.9. The minimum Gasteiger partial charge on any atom is -0.494 e. The number of carbonyl (C=O) groups is 2. The highest BCUT2D eigenvalue weighted by atomic mass is 19.1. The number of halogens is 1. The number of methoxy groups -OCH3 is 1. The number of ether oxygens (including phenoxy) is 2. The Kier molecular flexibility index (Phi) is 7.16. The van der Waals surface area contributed by atoms with Crippen LogP contribution in [0.5, 0.6) is 11.5 Å². The summed E-state index contributed by atoms with van der Waals surface area (Å²) in [5.74, 6) is -2.29. The second-order valence-electron chi connectivity index (χ2n) is 5.88. The molecule has 0 aliphatic heterocycles. The lowest BCUT2D eigenvalue weighted by molar-refractivity contribution is -0.141. The van der Waals surface area contributed by atoms with Crippen LogP contribution in [0, 0.1) is 11.7 Å². The summed E-state index contributed by atoms with van der Waals surface area (Å²) in [6.07, 6.45) is 0.249. The molecule has 2 aromatic rings. The highest BCUT2D eigenvalue weighted by Gasteiger charge is 2.20. The van der Waals surface area contributed by atoms with Gasteiger partial charge >= 0.3 is 5.97 Å². The van der Waals surface area contributed by atoms with Crippen molar-refractivity contribution >= 4 is 11.9 Å². The molecule has 0 spiro atoms. The highest BCUT2D eigenvalue weighted by molar-refractivity contribution is 5.94. The highest BCUT2D eigenvalue weighted by Crippen LogP contribution is 2.18. The molecule has 0 radical (unpaired) electrons. The van der Waals surface area contributed by atoms with E-state index in [9.17, 15) is 19.1 Å². The van der Waals surface area contributed by atoms with Crippen molar-refractivity contribution < 1.29 is 28.6 Å². The minimum absolute atomic E-state index is 0.0328. The molecule has 0 aromatic heterocycles. The molecule has 0 bridgehead atoms. The number of carbonyl (C=O) groups excluding carboxylic acids is 1. The molecule has 0 aliphatic rings. The van der Waals surface area contributed by atoms with Gasteiger partial charge in [0.15, 0.2) is 11.6 Å². The second-order valence-corrected chi connectivity index (χ2v) is 5.88. The van der Waals surface area contributed by atoms with Crippen LogP contribution in [-0.2, 0) is 11.2 Å². The maximum Gasteiger partial charge on any atom is 0.308 e. The van der Waals surface area contributed by atoms with Gasteiger partial charge in [-0.05, 0) is 49.2 Å². The summed E-state index contributed by atoms with van der Waals surface area (Å²) in [4.78, 5) is 23.7. The van der Waals surface area contributed by atoms with Crippen LogP contribution in [0.3, 0.4) is 0 Å². The molecular weight excluding hydrogens is 353 g/mol. The summed E-state index contributed by atoms with van der Waals surface area (Å²) >= 11 is 0. The Labute approximate surface area is 156 Å². The second kappa shape index (κ2) is 9.56. The molecule has 1 amide bonds. The lowest BCUT2D eigenvalue weighted by atomic mass is 9.99. The van der Waals surface area contributed by atoms with Gasteiger partial charge in [-0.2, -0.15) is 0 Å². The van der Waals surface area contributed by atoms with E-state index < -0.39 is 23.6 Å². The molecule has 7 heteroatoms. The third-order valence-electron chi connectivity index (χ3n) is 3.99. The monoisotopic (exact) mass is 375 g/mol. The van der Waals surface area contributed by atoms with Gasteiger partial charge in [-0.3, -0.25) is 9.59 Å². The molecule has 2 aromatic carbocycles. The van der Waals surface area contributed by atoms with E-state index in [0.717, 1.165) is 11.6 Å². The largest absolute Gasteiger partial charge is 0.494 e. The maximum atomic E-state index is 13.7. The van der Waals surface area contributed by atoms with Gasteiger partial charge in [-0.15, -0.1) is 0 Å². The van der Waals surface area contributed by atoms with Crippen LogP contribution in [0.15, 0.2) is 42.5 Å². The van der Waals surface area contributed by atoms with Crippen LogP contribution < -0.4 is 14.8 Å². The average molecular weight is 375 g/mol. The standard InChI is InChI=1S/C20H22FNO5/c1-3-27-16-7-4-13(5-8-16)10-15(20(24)25)12-22-19(23)14-6-9-18(26-2)17(21)11-14/h4-9,11,15H,3,10,12H2,1-2H3,(H,22,23)(H,24,25). The first-order chi connectivity index (χ1) is 12.9. The van der Waals surface area contributed by atoms with Crippen LogP contribution in [0.1, 0.15) is 22.8 Å². The molecule has 1 unspecified atom stereocenters. The Balaban J connectivity index is 1.98. The summed E-state index contributed by atoms with van der Waals surface area (Å²) in [7, 11) is 1.33. The van der Waals surface area contributed by atoms with Crippen molar-refractivity contribution in [3.63, 3.8) is 0 Å². The SMILES string of the molecule is CCOc1ccc(CC(CNC(=O)c2ccc(OC)c(F)c2)C(=O)O)cc1. The Bertz CT molecular complexity index is 791. The van der Waals surface area contributed by atoms with Crippen LogP contribution in [0.2, 0.25) is 0 Å². The fourth-order valence-corrected chi connectivity index (χ4v) is 2.55. The number of carboxylic acid groups (broad SMARTS) is 1. The van der Waals surface area contributed by atoms with Crippen molar-refractivity contribution in [2.45, 2.75) is 13.3 Å². The number of carboxylic acids is 1. The van der Waals surface area contributed by atoms with Gasteiger partial charge in [0.25, 0.3) is 5.91 Å². The Morgan fingerprint density at radius 3 is 2.44 bits per heavy atom. The third kappa shape index (κ3) is 5.70. The van der Waals surface area contributed by atoms with Crippen LogP contribution in [-0.4, -0.2) is 37.2 Å². The predicted octanol–water partition coefficient (Wildman–Crippen LogP) is 2.91. The van der Waals surface area contributed by atoms with Gasteiger partial charge in [0, 0.05) is 12.1 Å². The molecule has 0 saturated heterocycles. The fraction of sp³-hybridized carbons (Fsp3) is 0.300. The molecule has 1 atom stereocenters. The van der Waals surface area contributed by atoms with E-state index in [1.165, 1.54) is 19.2 Å². The molecule has 0 aliphatic carbocycles. The third-order valence-corrected chi connectivity index (χ3v) is 3.99. The summed E-state index contributed by atoms with van der Waals surface area (Å²) in [5.41, 5.74) is 0.911. The quantitative estimate of drug-likeness (QED) is 0.704. The lowest BCUT2D eigenvalue weighted by Gasteiger charge is -2.14. The minimum atomic E-state index is -1.02. The number of amides is 1. The summed E-state index contributed by atoms with van der Waals surface area (Å²) in [6.45, 7) is 2.36. The van der Waals surface area contributed by atoms with E-state index >= 15 is 0 Å². The molecule has 27 heavy (non-hydrogen) atoms. The van der Waals surface area contributed by atoms with Crippen LogP contribution in [0.4, 0.5) is 4.39 Å². The van der Waals surface area contributed by atoms with Gasteiger partial charge in [0.2, 0.25) is 0 Å². The summed E-state index contributed by atoms with van der Waals surface area (Å²) in [5, 5.41) is 12.0. The molecule has 0 heterocycles. The number of nitrogens with one attached hydrogen (secondary N) is 1. The number of aliphatic carboxylic acids is 1. The molecule has 0 saturated carbocycles. The van der Waals surface area contributed by atoms with E-state index in [1.807, 2.05) is 6.92 Å². The van der Waals surface area contributed by atoms with Crippen molar-refractivity contribution in [3.05, 3.63) is 59.4 Å². The van der Waals surface area contributed by atoms with E-state index in [2.05, 4.69) is 5.32 Å². The Morgan fingerprint density at radius 2 is 1.89 bits per heavy atom. The zero-order chi connectivity index (χ0) is 19.8. The van der Waals surface area contributed by atoms with Crippen molar-refractivity contribution in [1.82, 2.24) is 5.32 Å². The van der Waals surface area contributed by atoms with Gasteiger partial charge in [-0.25, -0.2) is 4.39 Å². The normalized spacial score (nSPS) is 11.5. The molecule has 2 N–H and O–H groups in total. The average Bonchev–Trinajstić information content (AvgIpc) is 2.66. The van der Waals surface area contributed by atoms with Gasteiger partial charge < -0.3 is 19.9 Å². The topological polar surface area (TPSA) is 84.9 Å². The molecule has 144 valence electrons. The van der Waals surface area contributed by atoms with Crippen molar-refractivity contribution in [2.24, 2.45) is 5.92 Å².